The molecule has 1 atom stereocenters. The number of carbonyl (C=O) groups excluding carboxylic acids is 2. The normalized spacial score (nSPS) is 11.7. The van der Waals surface area contributed by atoms with Gasteiger partial charge in [-0.2, -0.15) is 0 Å². The molecule has 1 aromatic carbocycles. The number of hydrogen-bond acceptors (Lipinski definition) is 5. The van der Waals surface area contributed by atoms with Crippen LogP contribution in [0.25, 0.3) is 0 Å². The van der Waals surface area contributed by atoms with Crippen LogP contribution in [-0.4, -0.2) is 40.9 Å². The molecule has 2 aromatic rings. The van der Waals surface area contributed by atoms with Gasteiger partial charge in [0.2, 0.25) is 0 Å². The van der Waals surface area contributed by atoms with E-state index in [9.17, 15) is 9.59 Å². The number of hydrogen-bond donors (Lipinski definition) is 0. The third kappa shape index (κ3) is 3.83. The molecule has 2 rings (SSSR count). The number of aryl methyl sites for hydroxylation is 1. The number of amides is 1. The summed E-state index contributed by atoms with van der Waals surface area (Å²) in [6.45, 7) is 1.76. The second-order valence-electron chi connectivity index (χ2n) is 5.06. The molecule has 126 valence electrons. The van der Waals surface area contributed by atoms with Gasteiger partial charge in [-0.05, 0) is 24.6 Å². The molecule has 0 radical (unpaired) electrons. The number of nitrogens with zero attached hydrogens (tertiary/aromatic N) is 3. The average Bonchev–Trinajstić information content (AvgIpc) is 2.58. The monoisotopic (exact) mass is 367 g/mol. The number of halogens is 2. The van der Waals surface area contributed by atoms with Crippen molar-refractivity contribution >= 4 is 35.1 Å². The summed E-state index contributed by atoms with van der Waals surface area (Å²) >= 11 is 11.9. The summed E-state index contributed by atoms with van der Waals surface area (Å²) in [5.74, 6) is -1.08. The van der Waals surface area contributed by atoms with Gasteiger partial charge in [0.25, 0.3) is 5.91 Å². The Morgan fingerprint density at radius 2 is 1.88 bits per heavy atom. The van der Waals surface area contributed by atoms with Crippen LogP contribution in [0.2, 0.25) is 10.0 Å². The molecule has 1 unspecified atom stereocenters. The molecule has 0 aliphatic heterocycles. The van der Waals surface area contributed by atoms with Crippen LogP contribution < -0.4 is 0 Å². The van der Waals surface area contributed by atoms with E-state index in [-0.39, 0.29) is 10.7 Å². The summed E-state index contributed by atoms with van der Waals surface area (Å²) in [5, 5.41) is 0.626. The fourth-order valence-electron chi connectivity index (χ4n) is 2.11. The second-order valence-corrected chi connectivity index (χ2v) is 5.87. The third-order valence-corrected chi connectivity index (χ3v) is 4.13. The molecular weight excluding hydrogens is 353 g/mol. The lowest BCUT2D eigenvalue weighted by Crippen LogP contribution is -2.37. The number of esters is 1. The van der Waals surface area contributed by atoms with Crippen molar-refractivity contribution in [3.63, 3.8) is 0 Å². The van der Waals surface area contributed by atoms with Crippen LogP contribution in [0.5, 0.6) is 0 Å². The number of rotatable bonds is 4. The number of aromatic nitrogens is 2. The number of ether oxygens (including phenoxy) is 1. The summed E-state index contributed by atoms with van der Waals surface area (Å²) in [5.41, 5.74) is 1.28. The maximum Gasteiger partial charge on any atom is 0.333 e. The highest BCUT2D eigenvalue weighted by Gasteiger charge is 2.31. The molecule has 0 fully saturated rings. The Kier molecular flexibility index (Phi) is 5.75. The molecular formula is C16H15Cl2N3O3. The number of likely N-dealkylation sites (N-methyl/N-ethyl adjacent to an activating group) is 1. The minimum atomic E-state index is -0.986. The Labute approximate surface area is 149 Å². The number of benzene rings is 1. The maximum absolute atomic E-state index is 12.6. The van der Waals surface area contributed by atoms with Crippen molar-refractivity contribution in [3.8, 4) is 0 Å². The van der Waals surface area contributed by atoms with E-state index in [4.69, 9.17) is 27.9 Å². The first-order valence-electron chi connectivity index (χ1n) is 6.93. The molecule has 0 spiro atoms. The first kappa shape index (κ1) is 18.2. The number of carbonyl (C=O) groups is 2. The first-order valence-corrected chi connectivity index (χ1v) is 7.69. The Balaban J connectivity index is 2.39. The van der Waals surface area contributed by atoms with E-state index in [1.807, 2.05) is 0 Å². The molecule has 0 aliphatic rings. The first-order chi connectivity index (χ1) is 11.3. The van der Waals surface area contributed by atoms with Crippen molar-refractivity contribution in [1.82, 2.24) is 14.9 Å². The fraction of sp³-hybridized carbons (Fsp3) is 0.250. The van der Waals surface area contributed by atoms with Crippen molar-refractivity contribution < 1.29 is 14.3 Å². The molecule has 1 heterocycles. The average molecular weight is 368 g/mol. The van der Waals surface area contributed by atoms with Gasteiger partial charge in [0, 0.05) is 13.2 Å². The molecule has 1 amide bonds. The van der Waals surface area contributed by atoms with Gasteiger partial charge in [0.15, 0.2) is 6.04 Å². The largest absolute Gasteiger partial charge is 0.467 e. The molecule has 0 saturated heterocycles. The maximum atomic E-state index is 12.6. The highest BCUT2D eigenvalue weighted by atomic mass is 35.5. The van der Waals surface area contributed by atoms with Crippen molar-refractivity contribution in [2.45, 2.75) is 13.0 Å². The van der Waals surface area contributed by atoms with Gasteiger partial charge in [-0.3, -0.25) is 9.78 Å². The van der Waals surface area contributed by atoms with E-state index in [0.29, 0.717) is 16.3 Å². The van der Waals surface area contributed by atoms with Crippen molar-refractivity contribution in [2.75, 3.05) is 14.2 Å². The summed E-state index contributed by atoms with van der Waals surface area (Å²) in [7, 11) is 2.73. The van der Waals surface area contributed by atoms with Crippen LogP contribution >= 0.6 is 23.2 Å². The molecule has 0 bridgehead atoms. The van der Waals surface area contributed by atoms with Crippen molar-refractivity contribution in [2.24, 2.45) is 0 Å². The van der Waals surface area contributed by atoms with E-state index in [1.165, 1.54) is 37.5 Å². The van der Waals surface area contributed by atoms with E-state index in [0.717, 1.165) is 0 Å². The van der Waals surface area contributed by atoms with Gasteiger partial charge in [0.1, 0.15) is 5.69 Å². The van der Waals surface area contributed by atoms with Crippen molar-refractivity contribution in [1.29, 1.82) is 0 Å². The Morgan fingerprint density at radius 3 is 2.42 bits per heavy atom. The van der Waals surface area contributed by atoms with E-state index < -0.39 is 17.9 Å². The van der Waals surface area contributed by atoms with E-state index in [1.54, 1.807) is 19.1 Å². The molecule has 24 heavy (non-hydrogen) atoms. The fourth-order valence-corrected chi connectivity index (χ4v) is 2.42. The highest BCUT2D eigenvalue weighted by Crippen LogP contribution is 2.29. The summed E-state index contributed by atoms with van der Waals surface area (Å²) in [6, 6.07) is 3.70. The lowest BCUT2D eigenvalue weighted by Gasteiger charge is -2.26. The zero-order valence-corrected chi connectivity index (χ0v) is 14.8. The molecule has 6 nitrogen and oxygen atoms in total. The van der Waals surface area contributed by atoms with Crippen LogP contribution in [-0.2, 0) is 9.53 Å². The van der Waals surface area contributed by atoms with Gasteiger partial charge in [-0.25, -0.2) is 9.78 Å². The Morgan fingerprint density at radius 1 is 1.17 bits per heavy atom. The topological polar surface area (TPSA) is 72.4 Å². The quantitative estimate of drug-likeness (QED) is 0.776. The van der Waals surface area contributed by atoms with Gasteiger partial charge in [0.05, 0.1) is 29.0 Å². The van der Waals surface area contributed by atoms with Crippen LogP contribution in [0.4, 0.5) is 0 Å². The second kappa shape index (κ2) is 7.59. The number of methoxy groups -OCH3 is 1. The lowest BCUT2D eigenvalue weighted by molar-refractivity contribution is -0.145. The Bertz CT molecular complexity index is 766. The molecule has 8 heteroatoms. The Hall–Kier alpha value is -2.18. The molecule has 0 aliphatic carbocycles. The minimum Gasteiger partial charge on any atom is -0.467 e. The molecule has 0 N–H and O–H groups in total. The van der Waals surface area contributed by atoms with E-state index in [2.05, 4.69) is 9.97 Å². The lowest BCUT2D eigenvalue weighted by atomic mass is 10.1. The molecule has 0 saturated carbocycles. The van der Waals surface area contributed by atoms with Gasteiger partial charge >= 0.3 is 5.97 Å². The van der Waals surface area contributed by atoms with Gasteiger partial charge in [-0.15, -0.1) is 0 Å². The van der Waals surface area contributed by atoms with Crippen molar-refractivity contribution in [3.05, 3.63) is 57.6 Å². The van der Waals surface area contributed by atoms with Crippen LogP contribution in [0.3, 0.4) is 0 Å². The van der Waals surface area contributed by atoms with Crippen LogP contribution in [0.15, 0.2) is 30.6 Å². The third-order valence-electron chi connectivity index (χ3n) is 3.39. The van der Waals surface area contributed by atoms with Gasteiger partial charge < -0.3 is 9.64 Å². The molecule has 1 aromatic heterocycles. The van der Waals surface area contributed by atoms with Crippen LogP contribution in [0, 0.1) is 6.92 Å². The predicted molar refractivity (Wildman–Crippen MR) is 90.1 cm³/mol. The zero-order chi connectivity index (χ0) is 17.9. The predicted octanol–water partition coefficient (Wildman–Crippen LogP) is 3.08. The van der Waals surface area contributed by atoms with E-state index >= 15 is 0 Å². The minimum absolute atomic E-state index is 0.122. The summed E-state index contributed by atoms with van der Waals surface area (Å²) in [4.78, 5) is 34.1. The smallest absolute Gasteiger partial charge is 0.333 e. The highest BCUT2D eigenvalue weighted by molar-refractivity contribution is 6.42. The zero-order valence-electron chi connectivity index (χ0n) is 13.3. The standard InChI is InChI=1S/C16H15Cl2N3O3/c1-9-7-20-13(8-19-9)15(22)21(2)14(16(23)24-3)10-4-5-11(17)12(18)6-10/h4-8,14H,1-3H3. The van der Waals surface area contributed by atoms with Gasteiger partial charge in [-0.1, -0.05) is 29.3 Å². The SMILES string of the molecule is COC(=O)C(c1ccc(Cl)c(Cl)c1)N(C)C(=O)c1cnc(C)cn1. The summed E-state index contributed by atoms with van der Waals surface area (Å²) < 4.78 is 4.82. The van der Waals surface area contributed by atoms with Crippen LogP contribution in [0.1, 0.15) is 27.8 Å². The summed E-state index contributed by atoms with van der Waals surface area (Å²) in [6.07, 6.45) is 2.84.